The number of anilines is 1. The van der Waals surface area contributed by atoms with E-state index in [2.05, 4.69) is 14.9 Å². The average molecular weight is 358 g/mol. The van der Waals surface area contributed by atoms with Crippen LogP contribution < -0.4 is 10.9 Å². The fourth-order valence-electron chi connectivity index (χ4n) is 3.13. The second-order valence-electron chi connectivity index (χ2n) is 6.00. The van der Waals surface area contributed by atoms with E-state index in [0.29, 0.717) is 24.7 Å². The van der Waals surface area contributed by atoms with Crippen LogP contribution in [0.5, 0.6) is 0 Å². The molecule has 3 aromatic rings. The monoisotopic (exact) mass is 357 g/mol. The summed E-state index contributed by atoms with van der Waals surface area (Å²) in [5.74, 6) is 0.0316. The van der Waals surface area contributed by atoms with Gasteiger partial charge in [-0.3, -0.25) is 10.1 Å². The fraction of sp³-hybridized carbons (Fsp3) is 0.235. The first-order chi connectivity index (χ1) is 12.0. The molecule has 7 nitrogen and oxygen atoms in total. The molecule has 1 aliphatic heterocycles. The lowest BCUT2D eigenvalue weighted by Gasteiger charge is -2.28. The molecule has 128 valence electrons. The van der Waals surface area contributed by atoms with Crippen molar-refractivity contribution >= 4 is 34.4 Å². The number of amides is 2. The minimum atomic E-state index is -0.339. The van der Waals surface area contributed by atoms with Gasteiger partial charge < -0.3 is 14.0 Å². The number of hydrogen-bond donors (Lipinski definition) is 1. The molecule has 0 fully saturated rings. The SMILES string of the molecule is Cn1ccnc(NC(=O)N2CCn3c(cc4c(Cl)cccc43)C2)c1=O. The van der Waals surface area contributed by atoms with Crippen LogP contribution in [0, 0.1) is 0 Å². The van der Waals surface area contributed by atoms with E-state index in [-0.39, 0.29) is 17.4 Å². The third-order valence-corrected chi connectivity index (χ3v) is 4.78. The molecule has 4 rings (SSSR count). The standard InChI is InChI=1S/C17H16ClN5O2/c1-21-6-5-19-15(16(21)24)20-17(25)22-7-8-23-11(10-22)9-12-13(18)3-2-4-14(12)23/h2-6,9H,7-8,10H2,1H3,(H,19,20,25). The van der Waals surface area contributed by atoms with E-state index >= 15 is 0 Å². The second-order valence-corrected chi connectivity index (χ2v) is 6.41. The summed E-state index contributed by atoms with van der Waals surface area (Å²) >= 11 is 6.26. The van der Waals surface area contributed by atoms with E-state index in [1.165, 1.54) is 10.8 Å². The lowest BCUT2D eigenvalue weighted by Crippen LogP contribution is -2.41. The van der Waals surface area contributed by atoms with Crippen LogP contribution in [0.4, 0.5) is 10.6 Å². The first-order valence-electron chi connectivity index (χ1n) is 7.89. The Labute approximate surface area is 148 Å². The Morgan fingerprint density at radius 2 is 2.16 bits per heavy atom. The van der Waals surface area contributed by atoms with Crippen LogP contribution in [0.15, 0.2) is 41.5 Å². The maximum Gasteiger partial charge on any atom is 0.323 e. The zero-order valence-electron chi connectivity index (χ0n) is 13.6. The molecule has 1 N–H and O–H groups in total. The third kappa shape index (κ3) is 2.66. The van der Waals surface area contributed by atoms with Gasteiger partial charge in [-0.05, 0) is 18.2 Å². The van der Waals surface area contributed by atoms with Gasteiger partial charge in [-0.1, -0.05) is 17.7 Å². The Kier molecular flexibility index (Phi) is 3.73. The molecule has 0 atom stereocenters. The normalized spacial score (nSPS) is 13.8. The number of carbonyl (C=O) groups excluding carboxylic acids is 1. The maximum atomic E-state index is 12.5. The highest BCUT2D eigenvalue weighted by Crippen LogP contribution is 2.29. The summed E-state index contributed by atoms with van der Waals surface area (Å²) in [6.07, 6.45) is 3.02. The lowest BCUT2D eigenvalue weighted by molar-refractivity contribution is 0.197. The van der Waals surface area contributed by atoms with Gasteiger partial charge in [0.05, 0.1) is 6.54 Å². The summed E-state index contributed by atoms with van der Waals surface area (Å²) in [4.78, 5) is 30.1. The van der Waals surface area contributed by atoms with Gasteiger partial charge in [0.15, 0.2) is 0 Å². The van der Waals surface area contributed by atoms with Crippen molar-refractivity contribution in [1.29, 1.82) is 0 Å². The number of rotatable bonds is 1. The quantitative estimate of drug-likeness (QED) is 0.727. The van der Waals surface area contributed by atoms with Crippen molar-refractivity contribution in [1.82, 2.24) is 19.0 Å². The molecule has 1 aromatic carbocycles. The summed E-state index contributed by atoms with van der Waals surface area (Å²) in [6.45, 7) is 1.67. The van der Waals surface area contributed by atoms with Crippen molar-refractivity contribution in [2.75, 3.05) is 11.9 Å². The van der Waals surface area contributed by atoms with Crippen LogP contribution >= 0.6 is 11.6 Å². The Bertz CT molecular complexity index is 1040. The number of nitrogens with one attached hydrogen (secondary N) is 1. The van der Waals surface area contributed by atoms with Crippen LogP contribution in [0.3, 0.4) is 0 Å². The molecule has 8 heteroatoms. The van der Waals surface area contributed by atoms with Crippen LogP contribution in [-0.2, 0) is 20.1 Å². The molecule has 0 saturated heterocycles. The Morgan fingerprint density at radius 3 is 3.00 bits per heavy atom. The number of urea groups is 1. The van der Waals surface area contributed by atoms with Crippen molar-refractivity contribution < 1.29 is 4.79 Å². The number of aromatic nitrogens is 3. The number of aryl methyl sites for hydroxylation is 1. The van der Waals surface area contributed by atoms with Crippen molar-refractivity contribution in [3.8, 4) is 0 Å². The average Bonchev–Trinajstić information content (AvgIpc) is 2.98. The van der Waals surface area contributed by atoms with E-state index in [1.54, 1.807) is 18.1 Å². The Morgan fingerprint density at radius 1 is 1.32 bits per heavy atom. The fourth-order valence-corrected chi connectivity index (χ4v) is 3.35. The van der Waals surface area contributed by atoms with Gasteiger partial charge in [0, 0.05) is 54.2 Å². The molecule has 25 heavy (non-hydrogen) atoms. The number of nitrogens with zero attached hydrogens (tertiary/aromatic N) is 4. The van der Waals surface area contributed by atoms with Crippen LogP contribution in [0.25, 0.3) is 10.9 Å². The molecular weight excluding hydrogens is 342 g/mol. The molecule has 0 spiro atoms. The first-order valence-corrected chi connectivity index (χ1v) is 8.26. The topological polar surface area (TPSA) is 72.2 Å². The largest absolute Gasteiger partial charge is 0.341 e. The summed E-state index contributed by atoms with van der Waals surface area (Å²) in [5.41, 5.74) is 1.74. The van der Waals surface area contributed by atoms with E-state index in [4.69, 9.17) is 11.6 Å². The van der Waals surface area contributed by atoms with Crippen LogP contribution in [0.2, 0.25) is 5.02 Å². The zero-order valence-corrected chi connectivity index (χ0v) is 14.3. The van der Waals surface area contributed by atoms with Crippen LogP contribution in [-0.4, -0.2) is 31.6 Å². The Hall–Kier alpha value is -2.80. The van der Waals surface area contributed by atoms with Gasteiger partial charge in [-0.15, -0.1) is 0 Å². The van der Waals surface area contributed by atoms with Crippen molar-refractivity contribution in [2.45, 2.75) is 13.1 Å². The maximum absolute atomic E-state index is 12.5. The van der Waals surface area contributed by atoms with E-state index in [9.17, 15) is 9.59 Å². The van der Waals surface area contributed by atoms with E-state index in [0.717, 1.165) is 16.6 Å². The third-order valence-electron chi connectivity index (χ3n) is 4.45. The van der Waals surface area contributed by atoms with Gasteiger partial charge in [0.25, 0.3) is 5.56 Å². The number of fused-ring (bicyclic) bond motifs is 3. The van der Waals surface area contributed by atoms with Crippen molar-refractivity contribution in [3.63, 3.8) is 0 Å². The lowest BCUT2D eigenvalue weighted by atomic mass is 10.2. The molecule has 0 aliphatic carbocycles. The number of halogens is 1. The van der Waals surface area contributed by atoms with Crippen molar-refractivity contribution in [3.05, 3.63) is 57.7 Å². The highest BCUT2D eigenvalue weighted by molar-refractivity contribution is 6.35. The Balaban J connectivity index is 1.59. The van der Waals surface area contributed by atoms with Gasteiger partial charge >= 0.3 is 6.03 Å². The van der Waals surface area contributed by atoms with Gasteiger partial charge in [-0.2, -0.15) is 0 Å². The zero-order chi connectivity index (χ0) is 17.6. The molecule has 2 aromatic heterocycles. The highest BCUT2D eigenvalue weighted by atomic mass is 35.5. The minimum absolute atomic E-state index is 0.0316. The predicted molar refractivity (Wildman–Crippen MR) is 95.9 cm³/mol. The summed E-state index contributed by atoms with van der Waals surface area (Å²) in [7, 11) is 1.61. The van der Waals surface area contributed by atoms with Crippen LogP contribution in [0.1, 0.15) is 5.69 Å². The molecule has 0 saturated carbocycles. The number of benzene rings is 1. The number of hydrogen-bond acceptors (Lipinski definition) is 3. The summed E-state index contributed by atoms with van der Waals surface area (Å²) < 4.78 is 3.55. The first kappa shape index (κ1) is 15.7. The van der Waals surface area contributed by atoms with Crippen molar-refractivity contribution in [2.24, 2.45) is 7.05 Å². The molecule has 0 radical (unpaired) electrons. The molecule has 0 bridgehead atoms. The summed E-state index contributed by atoms with van der Waals surface area (Å²) in [5, 5.41) is 4.29. The molecular formula is C17H16ClN5O2. The second kappa shape index (κ2) is 5.93. The van der Waals surface area contributed by atoms with Gasteiger partial charge in [0.1, 0.15) is 0 Å². The highest BCUT2D eigenvalue weighted by Gasteiger charge is 2.23. The summed E-state index contributed by atoms with van der Waals surface area (Å²) in [6, 6.07) is 7.48. The predicted octanol–water partition coefficient (Wildman–Crippen LogP) is 2.44. The minimum Gasteiger partial charge on any atom is -0.341 e. The molecule has 0 unspecified atom stereocenters. The van der Waals surface area contributed by atoms with E-state index < -0.39 is 0 Å². The van der Waals surface area contributed by atoms with Gasteiger partial charge in [0.2, 0.25) is 5.82 Å². The molecule has 2 amide bonds. The van der Waals surface area contributed by atoms with E-state index in [1.807, 2.05) is 24.3 Å². The molecule has 3 heterocycles. The van der Waals surface area contributed by atoms with Gasteiger partial charge in [-0.25, -0.2) is 9.78 Å². The number of carbonyl (C=O) groups is 1. The molecule has 1 aliphatic rings. The smallest absolute Gasteiger partial charge is 0.323 e.